The molecule has 0 unspecified atom stereocenters. The molecule has 2 heteroatoms. The van der Waals surface area contributed by atoms with Crippen LogP contribution in [0.4, 0.5) is 0 Å². The van der Waals surface area contributed by atoms with Gasteiger partial charge in [0.2, 0.25) is 0 Å². The Morgan fingerprint density at radius 1 is 1.20 bits per heavy atom. The van der Waals surface area contributed by atoms with Crippen LogP contribution in [-0.2, 0) is 4.74 Å². The highest BCUT2D eigenvalue weighted by Gasteiger charge is 2.18. The first kappa shape index (κ1) is 12.5. The Hall–Kier alpha value is -0.530. The van der Waals surface area contributed by atoms with E-state index in [1.165, 1.54) is 25.7 Å². The van der Waals surface area contributed by atoms with Crippen LogP contribution in [0.3, 0.4) is 0 Å². The van der Waals surface area contributed by atoms with Crippen molar-refractivity contribution in [3.8, 4) is 0 Å². The van der Waals surface area contributed by atoms with E-state index in [1.807, 2.05) is 0 Å². The molecule has 1 aliphatic carbocycles. The molecule has 15 heavy (non-hydrogen) atoms. The Bertz CT molecular complexity index is 203. The van der Waals surface area contributed by atoms with Gasteiger partial charge in [-0.15, -0.1) is 0 Å². The molecule has 0 amide bonds. The molecular weight excluding hydrogens is 186 g/mol. The Morgan fingerprint density at radius 2 is 1.80 bits per heavy atom. The van der Waals surface area contributed by atoms with E-state index in [2.05, 4.69) is 32.7 Å². The lowest BCUT2D eigenvalue weighted by Gasteiger charge is -2.16. The average molecular weight is 211 g/mol. The number of hydrogen-bond donors (Lipinski definition) is 0. The molecule has 0 spiro atoms. The van der Waals surface area contributed by atoms with Crippen LogP contribution < -0.4 is 0 Å². The maximum atomic E-state index is 5.77. The molecule has 1 rings (SSSR count). The van der Waals surface area contributed by atoms with Crippen molar-refractivity contribution in [3.05, 3.63) is 0 Å². The monoisotopic (exact) mass is 211 g/mol. The van der Waals surface area contributed by atoms with Crippen LogP contribution in [0.1, 0.15) is 59.8 Å². The van der Waals surface area contributed by atoms with Crippen molar-refractivity contribution in [2.24, 2.45) is 10.9 Å². The number of hydrogen-bond acceptors (Lipinski definition) is 2. The molecule has 1 fully saturated rings. The summed E-state index contributed by atoms with van der Waals surface area (Å²) in [7, 11) is 0. The molecule has 0 N–H and O–H groups in total. The normalized spacial score (nSPS) is 19.2. The summed E-state index contributed by atoms with van der Waals surface area (Å²) in [6.45, 7) is 8.37. The van der Waals surface area contributed by atoms with Gasteiger partial charge in [-0.05, 0) is 46.5 Å². The molecule has 0 atom stereocenters. The summed E-state index contributed by atoms with van der Waals surface area (Å²) in [4.78, 5) is 4.58. The molecule has 88 valence electrons. The van der Waals surface area contributed by atoms with Gasteiger partial charge < -0.3 is 4.74 Å². The molecule has 0 radical (unpaired) electrons. The summed E-state index contributed by atoms with van der Waals surface area (Å²) in [5.41, 5.74) is 0. The molecule has 2 nitrogen and oxygen atoms in total. The maximum absolute atomic E-state index is 5.77. The molecule has 0 aromatic heterocycles. The molecule has 1 aliphatic rings. The molecule has 1 saturated carbocycles. The molecule has 0 aromatic carbocycles. The van der Waals surface area contributed by atoms with Gasteiger partial charge in [-0.1, -0.05) is 12.8 Å². The highest BCUT2D eigenvalue weighted by molar-refractivity contribution is 5.76. The topological polar surface area (TPSA) is 21.6 Å². The van der Waals surface area contributed by atoms with Gasteiger partial charge in [0.15, 0.2) is 5.90 Å². The van der Waals surface area contributed by atoms with Crippen LogP contribution in [0.2, 0.25) is 0 Å². The quantitative estimate of drug-likeness (QED) is 0.512. The second-order valence-electron chi connectivity index (χ2n) is 5.14. The summed E-state index contributed by atoms with van der Waals surface area (Å²) < 4.78 is 5.77. The van der Waals surface area contributed by atoms with Crippen molar-refractivity contribution < 1.29 is 4.74 Å². The number of rotatable bonds is 4. The van der Waals surface area contributed by atoms with Gasteiger partial charge in [0.25, 0.3) is 0 Å². The second-order valence-corrected chi connectivity index (χ2v) is 5.14. The highest BCUT2D eigenvalue weighted by Crippen LogP contribution is 2.28. The predicted molar refractivity (Wildman–Crippen MR) is 65.4 cm³/mol. The molecule has 0 aromatic rings. The molecule has 0 aliphatic heterocycles. The number of nitrogens with zero attached hydrogens (tertiary/aromatic N) is 1. The zero-order valence-electron chi connectivity index (χ0n) is 10.6. The highest BCUT2D eigenvalue weighted by atomic mass is 16.5. The van der Waals surface area contributed by atoms with E-state index in [-0.39, 0.29) is 6.10 Å². The van der Waals surface area contributed by atoms with Crippen LogP contribution in [0, 0.1) is 5.92 Å². The first-order valence-electron chi connectivity index (χ1n) is 6.31. The predicted octanol–water partition coefficient (Wildman–Crippen LogP) is 3.80. The third-order valence-electron chi connectivity index (χ3n) is 2.71. The lowest BCUT2D eigenvalue weighted by atomic mass is 10.0. The standard InChI is InChI=1S/C13H25NO/c1-10(2)14-13(15-11(3)4)9-12-7-5-6-8-12/h10-12H,5-9H2,1-4H3. The summed E-state index contributed by atoms with van der Waals surface area (Å²) in [5, 5.41) is 0. The molecule has 0 bridgehead atoms. The number of aliphatic imine (C=N–C) groups is 1. The van der Waals surface area contributed by atoms with Crippen molar-refractivity contribution in [2.45, 2.75) is 71.9 Å². The van der Waals surface area contributed by atoms with Gasteiger partial charge in [0.05, 0.1) is 6.10 Å². The summed E-state index contributed by atoms with van der Waals surface area (Å²) in [6.07, 6.45) is 6.81. The molecule has 0 saturated heterocycles. The fraction of sp³-hybridized carbons (Fsp3) is 0.923. The van der Waals surface area contributed by atoms with Crippen molar-refractivity contribution in [1.82, 2.24) is 0 Å². The van der Waals surface area contributed by atoms with Crippen LogP contribution in [0.25, 0.3) is 0 Å². The summed E-state index contributed by atoms with van der Waals surface area (Å²) in [5.74, 6) is 1.80. The average Bonchev–Trinajstić information content (AvgIpc) is 2.53. The van der Waals surface area contributed by atoms with Gasteiger partial charge in [0, 0.05) is 12.5 Å². The second kappa shape index (κ2) is 6.14. The number of ether oxygens (including phenoxy) is 1. The minimum atomic E-state index is 0.254. The van der Waals surface area contributed by atoms with E-state index in [9.17, 15) is 0 Å². The van der Waals surface area contributed by atoms with Gasteiger partial charge in [-0.2, -0.15) is 0 Å². The fourth-order valence-electron chi connectivity index (χ4n) is 2.15. The Kier molecular flexibility index (Phi) is 5.13. The first-order chi connectivity index (χ1) is 7.08. The van der Waals surface area contributed by atoms with Crippen molar-refractivity contribution in [3.63, 3.8) is 0 Å². The van der Waals surface area contributed by atoms with Gasteiger partial charge in [-0.3, -0.25) is 4.99 Å². The van der Waals surface area contributed by atoms with E-state index in [0.717, 1.165) is 18.2 Å². The lowest BCUT2D eigenvalue weighted by Crippen LogP contribution is -2.16. The fourth-order valence-corrected chi connectivity index (χ4v) is 2.15. The van der Waals surface area contributed by atoms with Crippen LogP contribution in [0.15, 0.2) is 4.99 Å². The van der Waals surface area contributed by atoms with E-state index < -0.39 is 0 Å². The molecular formula is C13H25NO. The van der Waals surface area contributed by atoms with E-state index in [4.69, 9.17) is 4.74 Å². The van der Waals surface area contributed by atoms with Crippen molar-refractivity contribution >= 4 is 5.90 Å². The van der Waals surface area contributed by atoms with Crippen LogP contribution in [-0.4, -0.2) is 18.0 Å². The largest absolute Gasteiger partial charge is 0.478 e. The van der Waals surface area contributed by atoms with Crippen LogP contribution in [0.5, 0.6) is 0 Å². The van der Waals surface area contributed by atoms with Crippen LogP contribution >= 0.6 is 0 Å². The smallest absolute Gasteiger partial charge is 0.183 e. The van der Waals surface area contributed by atoms with E-state index in [0.29, 0.717) is 6.04 Å². The summed E-state index contributed by atoms with van der Waals surface area (Å²) in [6, 6.07) is 0.347. The Morgan fingerprint density at radius 3 is 2.27 bits per heavy atom. The minimum Gasteiger partial charge on any atom is -0.478 e. The molecule has 0 heterocycles. The zero-order valence-corrected chi connectivity index (χ0v) is 10.6. The lowest BCUT2D eigenvalue weighted by molar-refractivity contribution is 0.215. The van der Waals surface area contributed by atoms with Gasteiger partial charge >= 0.3 is 0 Å². The van der Waals surface area contributed by atoms with Gasteiger partial charge in [0.1, 0.15) is 0 Å². The van der Waals surface area contributed by atoms with E-state index in [1.54, 1.807) is 0 Å². The zero-order chi connectivity index (χ0) is 11.3. The van der Waals surface area contributed by atoms with E-state index >= 15 is 0 Å². The maximum Gasteiger partial charge on any atom is 0.183 e. The van der Waals surface area contributed by atoms with Gasteiger partial charge in [-0.25, -0.2) is 0 Å². The Labute approximate surface area is 94.1 Å². The van der Waals surface area contributed by atoms with Crippen molar-refractivity contribution in [1.29, 1.82) is 0 Å². The first-order valence-corrected chi connectivity index (χ1v) is 6.31. The van der Waals surface area contributed by atoms with Crippen molar-refractivity contribution in [2.75, 3.05) is 0 Å². The SMILES string of the molecule is CC(C)N=C(CC1CCCC1)OC(C)C. The third-order valence-corrected chi connectivity index (χ3v) is 2.71. The Balaban J connectivity index is 2.47. The third kappa shape index (κ3) is 5.19. The minimum absolute atomic E-state index is 0.254. The summed E-state index contributed by atoms with van der Waals surface area (Å²) >= 11 is 0.